The van der Waals surface area contributed by atoms with Crippen molar-refractivity contribution in [2.24, 2.45) is 0 Å². The first-order valence-electron chi connectivity index (χ1n) is 8.27. The molecule has 0 heterocycles. The predicted octanol–water partition coefficient (Wildman–Crippen LogP) is 8.41. The second-order valence-electron chi connectivity index (χ2n) is 5.46. The van der Waals surface area contributed by atoms with Crippen LogP contribution in [0.5, 0.6) is 0 Å². The summed E-state index contributed by atoms with van der Waals surface area (Å²) in [6, 6.07) is 0. The van der Waals surface area contributed by atoms with Crippen LogP contribution in [0, 0.1) is 0 Å². The van der Waals surface area contributed by atoms with Gasteiger partial charge in [0, 0.05) is 13.8 Å². The monoisotopic (exact) mass is 594 g/mol. The summed E-state index contributed by atoms with van der Waals surface area (Å²) in [6.07, 6.45) is -17.9. The fourth-order valence-corrected chi connectivity index (χ4v) is 0.579. The fourth-order valence-electron chi connectivity index (χ4n) is 0.579. The quantitative estimate of drug-likeness (QED) is 0.276. The maximum absolute atomic E-state index is 12.3. The van der Waals surface area contributed by atoms with Gasteiger partial charge in [-0.05, 0) is 6.92 Å². The van der Waals surface area contributed by atoms with Crippen LogP contribution in [-0.4, -0.2) is 76.6 Å². The first-order valence-corrected chi connectivity index (χ1v) is 8.27. The molecule has 226 valence electrons. The van der Waals surface area contributed by atoms with E-state index in [4.69, 9.17) is 0 Å². The lowest BCUT2D eigenvalue weighted by atomic mass is 10.2. The van der Waals surface area contributed by atoms with Gasteiger partial charge in [-0.1, -0.05) is 0 Å². The van der Waals surface area contributed by atoms with Gasteiger partial charge in [-0.15, -0.1) is 0 Å². The van der Waals surface area contributed by atoms with Crippen molar-refractivity contribution >= 4 is 0 Å². The molecular weight excluding hydrogens is 573 g/mol. The van der Waals surface area contributed by atoms with Crippen molar-refractivity contribution in [2.75, 3.05) is 27.1 Å². The molecule has 0 spiro atoms. The molecule has 0 aliphatic carbocycles. The molecule has 2 atom stereocenters. The molecule has 0 aromatic rings. The van der Waals surface area contributed by atoms with E-state index in [2.05, 4.69) is 9.47 Å². The SMILES string of the molecule is CC(F)(F)C(F)(F)CF.CC(F)(OC(F)C(F)(F)F)C(F)(F)F.CC(F)F.CF.FCCOC(F)F. The second kappa shape index (κ2) is 19.7. The maximum atomic E-state index is 12.3. The molecule has 2 unspecified atom stereocenters. The fraction of sp³-hybridized carbons (Fsp3) is 1.00. The van der Waals surface area contributed by atoms with E-state index >= 15 is 0 Å². The summed E-state index contributed by atoms with van der Waals surface area (Å²) in [6.45, 7) is -6.08. The summed E-state index contributed by atoms with van der Waals surface area (Å²) >= 11 is 0. The molecule has 0 N–H and O–H groups in total. The van der Waals surface area contributed by atoms with Crippen LogP contribution in [0.3, 0.4) is 0 Å². The summed E-state index contributed by atoms with van der Waals surface area (Å²) in [5.74, 6) is -13.5. The number of alkyl halides is 19. The lowest BCUT2D eigenvalue weighted by Gasteiger charge is -2.26. The van der Waals surface area contributed by atoms with E-state index in [0.29, 0.717) is 7.18 Å². The highest BCUT2D eigenvalue weighted by atomic mass is 19.4. The van der Waals surface area contributed by atoms with Crippen molar-refractivity contribution in [3.8, 4) is 0 Å². The van der Waals surface area contributed by atoms with Gasteiger partial charge in [0.2, 0.25) is 6.43 Å². The van der Waals surface area contributed by atoms with Crippen LogP contribution in [0.2, 0.25) is 0 Å². The molecule has 0 fully saturated rings. The number of hydrogen-bond donors (Lipinski definition) is 0. The number of ether oxygens (including phenoxy) is 2. The Balaban J connectivity index is -0.000000126. The van der Waals surface area contributed by atoms with Crippen LogP contribution in [0.25, 0.3) is 0 Å². The van der Waals surface area contributed by atoms with E-state index in [1.54, 1.807) is 0 Å². The smallest absolute Gasteiger partial charge is 0.320 e. The molecule has 0 radical (unpaired) electrons. The van der Waals surface area contributed by atoms with Crippen molar-refractivity contribution < 1.29 is 92.9 Å². The molecular formula is C15H21F19O2. The van der Waals surface area contributed by atoms with Gasteiger partial charge in [0.1, 0.15) is 6.67 Å². The van der Waals surface area contributed by atoms with Crippen LogP contribution < -0.4 is 0 Å². The molecule has 0 aromatic heterocycles. The zero-order chi connectivity index (χ0) is 30.8. The Morgan fingerprint density at radius 2 is 1.03 bits per heavy atom. The Hall–Kier alpha value is -1.41. The third kappa shape index (κ3) is 27.2. The summed E-state index contributed by atoms with van der Waals surface area (Å²) < 4.78 is 219. The van der Waals surface area contributed by atoms with E-state index < -0.39 is 69.4 Å². The molecule has 0 rings (SSSR count). The van der Waals surface area contributed by atoms with Gasteiger partial charge >= 0.3 is 36.7 Å². The van der Waals surface area contributed by atoms with Crippen LogP contribution in [0.15, 0.2) is 0 Å². The summed E-state index contributed by atoms with van der Waals surface area (Å²) in [5.41, 5.74) is 0. The number of rotatable bonds is 7. The average molecular weight is 594 g/mol. The average Bonchev–Trinajstić information content (AvgIpc) is 2.65. The summed E-state index contributed by atoms with van der Waals surface area (Å²) in [4.78, 5) is 0. The van der Waals surface area contributed by atoms with Gasteiger partial charge in [0.15, 0.2) is 6.67 Å². The van der Waals surface area contributed by atoms with Gasteiger partial charge < -0.3 is 4.74 Å². The lowest BCUT2D eigenvalue weighted by Crippen LogP contribution is -2.45. The van der Waals surface area contributed by atoms with E-state index in [1.807, 2.05) is 0 Å². The van der Waals surface area contributed by atoms with E-state index in [0.717, 1.165) is 6.92 Å². The largest absolute Gasteiger partial charge is 0.448 e. The zero-order valence-corrected chi connectivity index (χ0v) is 18.4. The van der Waals surface area contributed by atoms with Crippen LogP contribution >= 0.6 is 0 Å². The molecule has 0 saturated carbocycles. The van der Waals surface area contributed by atoms with Crippen molar-refractivity contribution in [2.45, 2.75) is 70.2 Å². The highest BCUT2D eigenvalue weighted by Crippen LogP contribution is 2.38. The number of hydrogen-bond acceptors (Lipinski definition) is 2. The molecule has 0 bridgehead atoms. The van der Waals surface area contributed by atoms with Crippen molar-refractivity contribution in [3.63, 3.8) is 0 Å². The molecule has 0 amide bonds. The van der Waals surface area contributed by atoms with E-state index in [1.165, 1.54) is 0 Å². The minimum Gasteiger partial charge on any atom is -0.320 e. The Morgan fingerprint density at radius 3 is 1.14 bits per heavy atom. The Bertz CT molecular complexity index is 482. The summed E-state index contributed by atoms with van der Waals surface area (Å²) in [5, 5.41) is 0. The topological polar surface area (TPSA) is 18.5 Å². The highest BCUT2D eigenvalue weighted by Gasteiger charge is 2.58. The zero-order valence-electron chi connectivity index (χ0n) is 18.4. The first-order chi connectivity index (χ1) is 15.7. The maximum Gasteiger partial charge on any atom is 0.448 e. The molecule has 2 nitrogen and oxygen atoms in total. The second-order valence-corrected chi connectivity index (χ2v) is 5.46. The molecule has 0 aliphatic rings. The third-order valence-corrected chi connectivity index (χ3v) is 2.22. The van der Waals surface area contributed by atoms with Gasteiger partial charge in [0.05, 0.1) is 13.8 Å². The first kappa shape index (κ1) is 44.6. The minimum atomic E-state index is -5.73. The van der Waals surface area contributed by atoms with Gasteiger partial charge in [-0.25, -0.2) is 35.1 Å². The highest BCUT2D eigenvalue weighted by molar-refractivity contribution is 4.79. The standard InChI is InChI=1S/C5H4F8O.C4H5F5.C3H5F3O.C2H4F2.CH3F/c1-3(7,5(11,12)13)14-2(6)4(8,9)10;1-3(6,7)4(8,9)2-5;4-1-2-7-3(5)6;1-2(3)4;1-2/h2H,1H3;2H2,1H3;3H,1-2H2;2H,1H3;1H3. The lowest BCUT2D eigenvalue weighted by molar-refractivity contribution is -0.387. The molecule has 21 heteroatoms. The van der Waals surface area contributed by atoms with E-state index in [9.17, 15) is 83.4 Å². The van der Waals surface area contributed by atoms with E-state index in [-0.39, 0.29) is 13.8 Å². The van der Waals surface area contributed by atoms with Gasteiger partial charge in [-0.2, -0.15) is 43.9 Å². The third-order valence-electron chi connectivity index (χ3n) is 2.22. The minimum absolute atomic E-state index is 0.0213. The predicted molar refractivity (Wildman–Crippen MR) is 85.8 cm³/mol. The van der Waals surface area contributed by atoms with Crippen molar-refractivity contribution in [1.82, 2.24) is 0 Å². The van der Waals surface area contributed by atoms with Gasteiger partial charge in [-0.3, -0.25) is 9.13 Å². The van der Waals surface area contributed by atoms with Gasteiger partial charge in [0.25, 0.3) is 6.36 Å². The number of halogens is 19. The Kier molecular flexibility index (Phi) is 24.4. The normalized spacial score (nSPS) is 14.6. The Labute approximate surface area is 191 Å². The van der Waals surface area contributed by atoms with Crippen LogP contribution in [-0.2, 0) is 9.47 Å². The van der Waals surface area contributed by atoms with Crippen LogP contribution in [0.4, 0.5) is 83.4 Å². The molecule has 0 aromatic carbocycles. The van der Waals surface area contributed by atoms with Crippen LogP contribution in [0.1, 0.15) is 20.8 Å². The van der Waals surface area contributed by atoms with Crippen molar-refractivity contribution in [3.05, 3.63) is 0 Å². The summed E-state index contributed by atoms with van der Waals surface area (Å²) in [7, 11) is 0.500. The molecule has 36 heavy (non-hydrogen) atoms. The molecule has 0 aliphatic heterocycles. The molecule has 0 saturated heterocycles. The Morgan fingerprint density at radius 1 is 0.694 bits per heavy atom. The van der Waals surface area contributed by atoms with Crippen molar-refractivity contribution in [1.29, 1.82) is 0 Å².